The zero-order chi connectivity index (χ0) is 21.7. The van der Waals surface area contributed by atoms with Crippen molar-refractivity contribution < 1.29 is 28.9 Å². The minimum Gasteiger partial charge on any atom is -0.423 e. The fourth-order valence-electron chi connectivity index (χ4n) is 2.32. The van der Waals surface area contributed by atoms with Gasteiger partial charge < -0.3 is 9.47 Å². The third-order valence-corrected chi connectivity index (χ3v) is 3.69. The number of aromatic nitrogens is 1. The van der Waals surface area contributed by atoms with Crippen LogP contribution in [0.2, 0.25) is 0 Å². The lowest BCUT2D eigenvalue weighted by atomic mass is 10.2. The van der Waals surface area contributed by atoms with Gasteiger partial charge in [0.05, 0.1) is 33.1 Å². The number of non-ortho nitro benzene ring substituents is 2. The number of rotatable bonds is 6. The van der Waals surface area contributed by atoms with E-state index in [1.165, 1.54) is 36.4 Å². The fraction of sp³-hybridized carbons (Fsp3) is 0. The molecule has 0 aliphatic heterocycles. The highest BCUT2D eigenvalue weighted by Crippen LogP contribution is 2.22. The minimum absolute atomic E-state index is 0.0567. The monoisotopic (exact) mass is 409 g/mol. The van der Waals surface area contributed by atoms with Crippen LogP contribution in [0.25, 0.3) is 0 Å². The molecule has 3 rings (SSSR count). The summed E-state index contributed by atoms with van der Waals surface area (Å²) in [4.78, 5) is 48.7. The van der Waals surface area contributed by atoms with E-state index in [1.54, 1.807) is 0 Å². The van der Waals surface area contributed by atoms with Crippen LogP contribution in [0, 0.1) is 20.2 Å². The summed E-state index contributed by atoms with van der Waals surface area (Å²) in [7, 11) is 0. The molecule has 0 saturated heterocycles. The molecule has 0 fully saturated rings. The first-order valence-corrected chi connectivity index (χ1v) is 8.22. The van der Waals surface area contributed by atoms with Crippen molar-refractivity contribution in [1.29, 1.82) is 0 Å². The average Bonchev–Trinajstić information content (AvgIpc) is 2.74. The van der Waals surface area contributed by atoms with Gasteiger partial charge in [-0.15, -0.1) is 0 Å². The van der Waals surface area contributed by atoms with Crippen molar-refractivity contribution in [2.24, 2.45) is 0 Å². The predicted molar refractivity (Wildman–Crippen MR) is 100 cm³/mol. The van der Waals surface area contributed by atoms with E-state index < -0.39 is 21.8 Å². The number of nitro benzene ring substituents is 2. The van der Waals surface area contributed by atoms with Crippen molar-refractivity contribution in [3.63, 3.8) is 0 Å². The maximum Gasteiger partial charge on any atom is 0.345 e. The van der Waals surface area contributed by atoms with Gasteiger partial charge in [-0.3, -0.25) is 25.2 Å². The van der Waals surface area contributed by atoms with Crippen molar-refractivity contribution in [2.45, 2.75) is 0 Å². The highest BCUT2D eigenvalue weighted by molar-refractivity contribution is 5.96. The van der Waals surface area contributed by atoms with E-state index in [1.807, 2.05) is 0 Å². The van der Waals surface area contributed by atoms with Crippen LogP contribution in [0.4, 0.5) is 11.4 Å². The van der Waals surface area contributed by atoms with Crippen molar-refractivity contribution >= 4 is 23.3 Å². The van der Waals surface area contributed by atoms with Crippen molar-refractivity contribution in [3.8, 4) is 11.5 Å². The number of hydrogen-bond donors (Lipinski definition) is 0. The molecular formula is C19H11N3O8. The Balaban J connectivity index is 1.75. The first-order chi connectivity index (χ1) is 14.3. The second-order valence-corrected chi connectivity index (χ2v) is 5.75. The number of pyridine rings is 1. The molecule has 0 spiro atoms. The van der Waals surface area contributed by atoms with E-state index >= 15 is 0 Å². The Hall–Kier alpha value is -4.67. The number of carbonyl (C=O) groups excluding carboxylic acids is 2. The largest absolute Gasteiger partial charge is 0.423 e. The summed E-state index contributed by atoms with van der Waals surface area (Å²) >= 11 is 0. The summed E-state index contributed by atoms with van der Waals surface area (Å²) in [5.74, 6) is -1.90. The Morgan fingerprint density at radius 3 is 1.57 bits per heavy atom. The van der Waals surface area contributed by atoms with Crippen molar-refractivity contribution in [3.05, 3.63) is 98.3 Å². The molecule has 0 aliphatic carbocycles. The van der Waals surface area contributed by atoms with Gasteiger partial charge in [0.15, 0.2) is 0 Å². The van der Waals surface area contributed by atoms with Crippen LogP contribution in [0.1, 0.15) is 20.7 Å². The van der Waals surface area contributed by atoms with Crippen LogP contribution >= 0.6 is 0 Å². The summed E-state index contributed by atoms with van der Waals surface area (Å²) in [6, 6.07) is 11.2. The van der Waals surface area contributed by atoms with Gasteiger partial charge in [-0.05, 0) is 18.2 Å². The zero-order valence-corrected chi connectivity index (χ0v) is 15.0. The maximum atomic E-state index is 12.3. The maximum absolute atomic E-state index is 12.3. The second-order valence-electron chi connectivity index (χ2n) is 5.75. The van der Waals surface area contributed by atoms with Gasteiger partial charge in [0.25, 0.3) is 11.4 Å². The van der Waals surface area contributed by atoms with E-state index in [-0.39, 0.29) is 34.0 Å². The second kappa shape index (κ2) is 8.56. The quantitative estimate of drug-likeness (QED) is 0.258. The molecule has 0 saturated carbocycles. The highest BCUT2D eigenvalue weighted by Gasteiger charge is 2.17. The van der Waals surface area contributed by atoms with Crippen LogP contribution in [0.15, 0.2) is 67.0 Å². The van der Waals surface area contributed by atoms with Gasteiger partial charge in [0.2, 0.25) is 0 Å². The summed E-state index contributed by atoms with van der Waals surface area (Å²) in [6.07, 6.45) is 2.29. The molecule has 0 unspecified atom stereocenters. The summed E-state index contributed by atoms with van der Waals surface area (Å²) in [5, 5.41) is 21.6. The first-order valence-electron chi connectivity index (χ1n) is 8.22. The number of ether oxygens (including phenoxy) is 2. The topological polar surface area (TPSA) is 152 Å². The molecule has 11 heteroatoms. The van der Waals surface area contributed by atoms with Gasteiger partial charge in [0, 0.05) is 24.5 Å². The average molecular weight is 409 g/mol. The van der Waals surface area contributed by atoms with Crippen LogP contribution in [0.3, 0.4) is 0 Å². The Kier molecular flexibility index (Phi) is 5.73. The zero-order valence-electron chi connectivity index (χ0n) is 15.0. The smallest absolute Gasteiger partial charge is 0.345 e. The fourth-order valence-corrected chi connectivity index (χ4v) is 2.32. The molecule has 0 N–H and O–H groups in total. The Labute approximate surface area is 167 Å². The molecular weight excluding hydrogens is 398 g/mol. The highest BCUT2D eigenvalue weighted by atomic mass is 16.6. The van der Waals surface area contributed by atoms with Crippen LogP contribution in [0.5, 0.6) is 11.5 Å². The minimum atomic E-state index is -0.895. The third-order valence-electron chi connectivity index (χ3n) is 3.69. The molecule has 0 bridgehead atoms. The van der Waals surface area contributed by atoms with Gasteiger partial charge in [-0.2, -0.15) is 0 Å². The third kappa shape index (κ3) is 4.78. The Morgan fingerprint density at radius 2 is 1.17 bits per heavy atom. The summed E-state index contributed by atoms with van der Waals surface area (Å²) in [5.41, 5.74) is -0.717. The molecule has 1 heterocycles. The molecule has 30 heavy (non-hydrogen) atoms. The summed E-state index contributed by atoms with van der Waals surface area (Å²) < 4.78 is 10.2. The van der Waals surface area contributed by atoms with Gasteiger partial charge in [-0.1, -0.05) is 12.1 Å². The number of nitro groups is 2. The van der Waals surface area contributed by atoms with E-state index in [0.29, 0.717) is 0 Å². The number of esters is 2. The van der Waals surface area contributed by atoms with Crippen molar-refractivity contribution in [1.82, 2.24) is 4.98 Å². The molecule has 1 aromatic heterocycles. The van der Waals surface area contributed by atoms with Crippen LogP contribution in [-0.2, 0) is 0 Å². The molecule has 11 nitrogen and oxygen atoms in total. The molecule has 150 valence electrons. The number of carbonyl (C=O) groups is 2. The summed E-state index contributed by atoms with van der Waals surface area (Å²) in [6.45, 7) is 0. The van der Waals surface area contributed by atoms with Crippen LogP contribution < -0.4 is 9.47 Å². The van der Waals surface area contributed by atoms with Crippen LogP contribution in [-0.4, -0.2) is 26.8 Å². The SMILES string of the molecule is O=C(Oc1cccc([N+](=O)[O-])c1)c1cncc(C(=O)Oc2cccc([N+](=O)[O-])c2)c1. The van der Waals surface area contributed by atoms with E-state index in [9.17, 15) is 29.8 Å². The standard InChI is InChI=1S/C19H11N3O8/c23-18(29-16-5-1-3-14(8-16)21(25)26)12-7-13(11-20-10-12)19(24)30-17-6-2-4-15(9-17)22(27)28/h1-11H. The molecule has 0 atom stereocenters. The lowest BCUT2D eigenvalue weighted by molar-refractivity contribution is -0.385. The number of hydrogen-bond acceptors (Lipinski definition) is 9. The van der Waals surface area contributed by atoms with E-state index in [4.69, 9.17) is 9.47 Å². The molecule has 0 amide bonds. The first kappa shape index (κ1) is 20.1. The normalized spacial score (nSPS) is 10.1. The lowest BCUT2D eigenvalue weighted by Gasteiger charge is -2.06. The number of nitrogens with zero attached hydrogens (tertiary/aromatic N) is 3. The Bertz CT molecular complexity index is 1080. The number of benzene rings is 2. The van der Waals surface area contributed by atoms with E-state index in [0.717, 1.165) is 30.6 Å². The van der Waals surface area contributed by atoms with Crippen molar-refractivity contribution in [2.75, 3.05) is 0 Å². The van der Waals surface area contributed by atoms with Gasteiger partial charge >= 0.3 is 11.9 Å². The van der Waals surface area contributed by atoms with Gasteiger partial charge in [-0.25, -0.2) is 9.59 Å². The molecule has 0 radical (unpaired) electrons. The lowest BCUT2D eigenvalue weighted by Crippen LogP contribution is -2.13. The van der Waals surface area contributed by atoms with E-state index in [2.05, 4.69) is 4.98 Å². The molecule has 0 aliphatic rings. The molecule has 2 aromatic carbocycles. The Morgan fingerprint density at radius 1 is 0.733 bits per heavy atom. The molecule has 3 aromatic rings. The predicted octanol–water partition coefficient (Wildman–Crippen LogP) is 3.34. The van der Waals surface area contributed by atoms with Gasteiger partial charge in [0.1, 0.15) is 11.5 Å².